The van der Waals surface area contributed by atoms with Crippen molar-refractivity contribution in [1.82, 2.24) is 10.9 Å². The fraction of sp³-hybridized carbons (Fsp3) is 0.920. The van der Waals surface area contributed by atoms with Crippen molar-refractivity contribution >= 4 is 11.6 Å². The fourth-order valence-electron chi connectivity index (χ4n) is 3.01. The second-order valence-corrected chi connectivity index (χ2v) is 7.74. The molecule has 4 heteroatoms. The third-order valence-electron chi connectivity index (χ3n) is 4.90. The van der Waals surface area contributed by atoms with E-state index in [1.54, 1.807) is 13.8 Å². The molecule has 0 spiro atoms. The number of rotatable bonds is 14. The zero-order valence-electron chi connectivity index (χ0n) is 21.4. The molecule has 29 heavy (non-hydrogen) atoms. The number of carbonyl (C=O) groups is 2. The minimum Gasteiger partial charge on any atom is -0.300 e. The largest absolute Gasteiger partial charge is 0.300 e. The first-order chi connectivity index (χ1) is 13.9. The van der Waals surface area contributed by atoms with E-state index in [4.69, 9.17) is 0 Å². The number of nitrogens with one attached hydrogen (secondary N) is 2. The van der Waals surface area contributed by atoms with Crippen LogP contribution in [0.4, 0.5) is 0 Å². The molecule has 1 rings (SSSR count). The van der Waals surface area contributed by atoms with Gasteiger partial charge in [-0.05, 0) is 26.7 Å². The van der Waals surface area contributed by atoms with Crippen LogP contribution in [0.3, 0.4) is 0 Å². The monoisotopic (exact) mass is 414 g/mol. The quantitative estimate of drug-likeness (QED) is 0.230. The van der Waals surface area contributed by atoms with E-state index in [-0.39, 0.29) is 17.4 Å². The minimum absolute atomic E-state index is 0.0337. The maximum absolute atomic E-state index is 11.1. The predicted molar refractivity (Wildman–Crippen MR) is 129 cm³/mol. The first kappa shape index (κ1) is 32.9. The molecule has 2 N–H and O–H groups in total. The van der Waals surface area contributed by atoms with Gasteiger partial charge in [-0.3, -0.25) is 9.59 Å². The maximum Gasteiger partial charge on any atom is 0.133 e. The molecule has 1 saturated heterocycles. The Labute approximate surface area is 183 Å². The van der Waals surface area contributed by atoms with Gasteiger partial charge in [-0.2, -0.15) is 0 Å². The van der Waals surface area contributed by atoms with Gasteiger partial charge in [0.25, 0.3) is 0 Å². The lowest BCUT2D eigenvalue weighted by atomic mass is 9.99. The van der Waals surface area contributed by atoms with Crippen molar-refractivity contribution in [2.24, 2.45) is 5.92 Å². The summed E-state index contributed by atoms with van der Waals surface area (Å²) in [7, 11) is 0. The summed E-state index contributed by atoms with van der Waals surface area (Å²) in [6, 6.07) is 0. The lowest BCUT2D eigenvalue weighted by Gasteiger charge is -2.09. The van der Waals surface area contributed by atoms with Crippen molar-refractivity contribution in [1.29, 1.82) is 0 Å². The van der Waals surface area contributed by atoms with Crippen molar-refractivity contribution in [2.45, 2.75) is 145 Å². The molecule has 0 amide bonds. The Morgan fingerprint density at radius 1 is 0.759 bits per heavy atom. The first-order valence-electron chi connectivity index (χ1n) is 12.4. The van der Waals surface area contributed by atoms with E-state index in [1.807, 2.05) is 34.6 Å². The van der Waals surface area contributed by atoms with Crippen molar-refractivity contribution in [3.63, 3.8) is 0 Å². The summed E-state index contributed by atoms with van der Waals surface area (Å²) in [6.07, 6.45) is 14.6. The van der Waals surface area contributed by atoms with Gasteiger partial charge in [-0.15, -0.1) is 0 Å². The molecule has 1 atom stereocenters. The second kappa shape index (κ2) is 23.5. The van der Waals surface area contributed by atoms with Crippen LogP contribution in [-0.4, -0.2) is 17.2 Å². The van der Waals surface area contributed by atoms with E-state index in [9.17, 15) is 9.59 Å². The number of hydrogen-bond donors (Lipinski definition) is 2. The molecule has 176 valence electrons. The standard InChI is InChI=1S/C14H28N2O.C7H14O.2C2H6/c1-3-4-5-6-7-8-9-10-11-14(15-16-14)12-13(2)17;1-4-5-6(2)7(3)8;2*1-2/h15-16H,3-12H2,1-2H3;6H,4-5H2,1-3H3;2*1-2H3. The van der Waals surface area contributed by atoms with E-state index in [0.717, 1.165) is 19.3 Å². The van der Waals surface area contributed by atoms with Crippen molar-refractivity contribution in [2.75, 3.05) is 0 Å². The third-order valence-corrected chi connectivity index (χ3v) is 4.90. The molecule has 0 saturated carbocycles. The van der Waals surface area contributed by atoms with Crippen LogP contribution in [0.5, 0.6) is 0 Å². The summed E-state index contributed by atoms with van der Waals surface area (Å²) in [5.41, 5.74) is 6.22. The molecular weight excluding hydrogens is 360 g/mol. The lowest BCUT2D eigenvalue weighted by molar-refractivity contribution is -0.120. The molecule has 1 fully saturated rings. The van der Waals surface area contributed by atoms with E-state index in [2.05, 4.69) is 24.7 Å². The second-order valence-electron chi connectivity index (χ2n) is 7.74. The Kier molecular flexibility index (Phi) is 26.7. The summed E-state index contributed by atoms with van der Waals surface area (Å²) in [4.78, 5) is 21.6. The van der Waals surface area contributed by atoms with Crippen LogP contribution in [0.15, 0.2) is 0 Å². The van der Waals surface area contributed by atoms with Crippen LogP contribution in [0.25, 0.3) is 0 Å². The Bertz CT molecular complexity index is 366. The average Bonchev–Trinajstić information content (AvgIpc) is 3.46. The average molecular weight is 415 g/mol. The van der Waals surface area contributed by atoms with Gasteiger partial charge in [0.2, 0.25) is 0 Å². The number of Topliss-reactive ketones (excluding diaryl/α,β-unsaturated/α-hetero) is 2. The Hall–Kier alpha value is -0.740. The van der Waals surface area contributed by atoms with Gasteiger partial charge in [-0.1, -0.05) is 106 Å². The summed E-state index contributed by atoms with van der Waals surface area (Å²) < 4.78 is 0. The highest BCUT2D eigenvalue weighted by Gasteiger charge is 2.41. The van der Waals surface area contributed by atoms with Gasteiger partial charge in [-0.25, -0.2) is 10.9 Å². The molecule has 0 aromatic rings. The van der Waals surface area contributed by atoms with Gasteiger partial charge in [0.05, 0.1) is 0 Å². The van der Waals surface area contributed by atoms with E-state index < -0.39 is 0 Å². The molecule has 1 aliphatic heterocycles. The highest BCUT2D eigenvalue weighted by molar-refractivity contribution is 5.77. The van der Waals surface area contributed by atoms with Gasteiger partial charge < -0.3 is 0 Å². The van der Waals surface area contributed by atoms with Crippen LogP contribution in [0, 0.1) is 5.92 Å². The molecule has 0 radical (unpaired) electrons. The van der Waals surface area contributed by atoms with Crippen molar-refractivity contribution in [3.8, 4) is 0 Å². The van der Waals surface area contributed by atoms with Gasteiger partial charge in [0.15, 0.2) is 0 Å². The Morgan fingerprint density at radius 2 is 1.21 bits per heavy atom. The summed E-state index contributed by atoms with van der Waals surface area (Å²) >= 11 is 0. The summed E-state index contributed by atoms with van der Waals surface area (Å²) in [6.45, 7) is 17.6. The molecule has 0 bridgehead atoms. The van der Waals surface area contributed by atoms with Gasteiger partial charge >= 0.3 is 0 Å². The van der Waals surface area contributed by atoms with Crippen LogP contribution in [0.2, 0.25) is 0 Å². The van der Waals surface area contributed by atoms with E-state index in [0.29, 0.717) is 12.2 Å². The highest BCUT2D eigenvalue weighted by atomic mass is 16.1. The summed E-state index contributed by atoms with van der Waals surface area (Å²) in [5.74, 6) is 0.855. The molecule has 4 nitrogen and oxygen atoms in total. The Morgan fingerprint density at radius 3 is 1.52 bits per heavy atom. The number of carbonyl (C=O) groups excluding carboxylic acids is 2. The number of unbranched alkanes of at least 4 members (excludes halogenated alkanes) is 7. The third kappa shape index (κ3) is 23.4. The van der Waals surface area contributed by atoms with E-state index >= 15 is 0 Å². The van der Waals surface area contributed by atoms with Crippen LogP contribution in [0.1, 0.15) is 139 Å². The molecule has 1 heterocycles. The molecule has 0 aromatic heterocycles. The SMILES string of the molecule is CC.CC.CCCC(C)C(C)=O.CCCCCCCCCCC1(CC(C)=O)NN1. The Balaban J connectivity index is -0.000000474. The van der Waals surface area contributed by atoms with Crippen molar-refractivity contribution < 1.29 is 9.59 Å². The lowest BCUT2D eigenvalue weighted by Crippen LogP contribution is -2.21. The first-order valence-corrected chi connectivity index (χ1v) is 12.4. The maximum atomic E-state index is 11.1. The smallest absolute Gasteiger partial charge is 0.133 e. The van der Waals surface area contributed by atoms with E-state index in [1.165, 1.54) is 51.4 Å². The van der Waals surface area contributed by atoms with Crippen molar-refractivity contribution in [3.05, 3.63) is 0 Å². The summed E-state index contributed by atoms with van der Waals surface area (Å²) in [5, 5.41) is 0. The van der Waals surface area contributed by atoms with Gasteiger partial charge in [0, 0.05) is 12.3 Å². The minimum atomic E-state index is -0.0337. The molecule has 1 unspecified atom stereocenters. The zero-order valence-corrected chi connectivity index (χ0v) is 21.4. The zero-order chi connectivity index (χ0) is 23.1. The fourth-order valence-corrected chi connectivity index (χ4v) is 3.01. The number of hydrazine groups is 1. The molecular formula is C25H54N2O2. The molecule has 0 aliphatic carbocycles. The number of hydrogen-bond acceptors (Lipinski definition) is 4. The predicted octanol–water partition coefficient (Wildman–Crippen LogP) is 7.36. The van der Waals surface area contributed by atoms with Crippen LogP contribution in [-0.2, 0) is 9.59 Å². The normalized spacial score (nSPS) is 14.1. The van der Waals surface area contributed by atoms with Crippen LogP contribution >= 0.6 is 0 Å². The molecule has 0 aromatic carbocycles. The topological polar surface area (TPSA) is 78.0 Å². The number of ketones is 2. The molecule has 1 aliphatic rings. The van der Waals surface area contributed by atoms with Crippen LogP contribution < -0.4 is 10.9 Å². The van der Waals surface area contributed by atoms with Gasteiger partial charge in [0.1, 0.15) is 17.2 Å². The highest BCUT2D eigenvalue weighted by Crippen LogP contribution is 2.24.